The predicted octanol–water partition coefficient (Wildman–Crippen LogP) is 3.80. The number of imidazole rings is 1. The van der Waals surface area contributed by atoms with E-state index in [4.69, 9.17) is 24.4 Å². The Labute approximate surface area is 222 Å². The van der Waals surface area contributed by atoms with Gasteiger partial charge in [0, 0.05) is 55.4 Å². The molecule has 10 heteroatoms. The highest BCUT2D eigenvalue weighted by Gasteiger charge is 2.25. The van der Waals surface area contributed by atoms with Crippen molar-refractivity contribution in [2.24, 2.45) is 0 Å². The molecule has 38 heavy (non-hydrogen) atoms. The first kappa shape index (κ1) is 25.7. The first-order valence-electron chi connectivity index (χ1n) is 13.2. The second-order valence-electron chi connectivity index (χ2n) is 8.71. The molecule has 1 aromatic carbocycles. The molecule has 6 rings (SSSR count). The zero-order valence-electron chi connectivity index (χ0n) is 22.1. The highest BCUT2D eigenvalue weighted by Crippen LogP contribution is 2.32. The molecule has 0 bridgehead atoms. The molecule has 0 spiro atoms. The van der Waals surface area contributed by atoms with Crippen LogP contribution in [0.5, 0.6) is 0 Å². The molecule has 0 saturated carbocycles. The summed E-state index contributed by atoms with van der Waals surface area (Å²) in [6.07, 6.45) is 3.54. The third kappa shape index (κ3) is 4.97. The molecule has 0 radical (unpaired) electrons. The summed E-state index contributed by atoms with van der Waals surface area (Å²) in [6, 6.07) is 11.7. The molecule has 0 N–H and O–H groups in total. The average molecular weight is 516 g/mol. The molecule has 1 amide bonds. The molecule has 2 aliphatic heterocycles. The van der Waals surface area contributed by atoms with E-state index in [-0.39, 0.29) is 12.5 Å². The van der Waals surface area contributed by atoms with Gasteiger partial charge in [-0.05, 0) is 31.2 Å². The van der Waals surface area contributed by atoms with Gasteiger partial charge in [0.1, 0.15) is 12.4 Å². The lowest BCUT2D eigenvalue weighted by molar-refractivity contribution is -0.125. The molecular weight excluding hydrogens is 482 g/mol. The third-order valence-electron chi connectivity index (χ3n) is 6.54. The van der Waals surface area contributed by atoms with Crippen LogP contribution in [-0.4, -0.2) is 76.5 Å². The number of amides is 1. The molecule has 2 saturated heterocycles. The fourth-order valence-corrected chi connectivity index (χ4v) is 4.74. The number of hydrogen-bond acceptors (Lipinski definition) is 8. The van der Waals surface area contributed by atoms with Crippen LogP contribution in [0.4, 0.5) is 11.5 Å². The molecule has 2 aliphatic rings. The predicted molar refractivity (Wildman–Crippen MR) is 147 cm³/mol. The van der Waals surface area contributed by atoms with E-state index in [0.29, 0.717) is 38.7 Å². The van der Waals surface area contributed by atoms with Crippen molar-refractivity contribution in [2.75, 3.05) is 55.9 Å². The second kappa shape index (κ2) is 11.7. The summed E-state index contributed by atoms with van der Waals surface area (Å²) in [5, 5.41) is 0. The van der Waals surface area contributed by atoms with Crippen LogP contribution < -0.4 is 9.80 Å². The Hall–Kier alpha value is -3.89. The molecule has 4 aromatic rings. The summed E-state index contributed by atoms with van der Waals surface area (Å²) in [5.41, 5.74) is 4.20. The van der Waals surface area contributed by atoms with E-state index in [9.17, 15) is 4.79 Å². The second-order valence-corrected chi connectivity index (χ2v) is 8.71. The first-order chi connectivity index (χ1) is 18.7. The van der Waals surface area contributed by atoms with Gasteiger partial charge in [0.2, 0.25) is 0 Å². The van der Waals surface area contributed by atoms with Crippen LogP contribution in [0, 0.1) is 0 Å². The summed E-state index contributed by atoms with van der Waals surface area (Å²) in [7, 11) is 0. The van der Waals surface area contributed by atoms with Crippen molar-refractivity contribution in [3.8, 4) is 22.8 Å². The van der Waals surface area contributed by atoms with Crippen LogP contribution in [0.1, 0.15) is 20.8 Å². The maximum atomic E-state index is 12.4. The number of nitrogens with zero attached hydrogens (tertiary/aromatic N) is 7. The fourth-order valence-electron chi connectivity index (χ4n) is 4.74. The number of aromatic nitrogens is 5. The number of anilines is 2. The molecule has 5 heterocycles. The van der Waals surface area contributed by atoms with Gasteiger partial charge in [0.25, 0.3) is 5.91 Å². The van der Waals surface area contributed by atoms with Crippen molar-refractivity contribution in [1.82, 2.24) is 24.5 Å². The highest BCUT2D eigenvalue weighted by atomic mass is 16.5. The number of hydrogen-bond donors (Lipinski definition) is 0. The van der Waals surface area contributed by atoms with Gasteiger partial charge in [0.15, 0.2) is 22.8 Å². The van der Waals surface area contributed by atoms with Crippen molar-refractivity contribution in [3.63, 3.8) is 0 Å². The van der Waals surface area contributed by atoms with Crippen LogP contribution in [0.15, 0.2) is 48.8 Å². The zero-order chi connectivity index (χ0) is 26.5. The van der Waals surface area contributed by atoms with Crippen molar-refractivity contribution in [3.05, 3.63) is 48.8 Å². The van der Waals surface area contributed by atoms with Gasteiger partial charge in [-0.2, -0.15) is 0 Å². The largest absolute Gasteiger partial charge is 0.378 e. The van der Waals surface area contributed by atoms with E-state index in [1.54, 1.807) is 17.3 Å². The molecule has 3 aromatic heterocycles. The van der Waals surface area contributed by atoms with Gasteiger partial charge >= 0.3 is 0 Å². The summed E-state index contributed by atoms with van der Waals surface area (Å²) in [5.74, 6) is 2.19. The summed E-state index contributed by atoms with van der Waals surface area (Å²) >= 11 is 0. The van der Waals surface area contributed by atoms with Gasteiger partial charge < -0.3 is 23.8 Å². The van der Waals surface area contributed by atoms with Crippen LogP contribution in [0.2, 0.25) is 0 Å². The summed E-state index contributed by atoms with van der Waals surface area (Å²) < 4.78 is 13.0. The number of benzene rings is 1. The van der Waals surface area contributed by atoms with E-state index in [1.165, 1.54) is 0 Å². The lowest BCUT2D eigenvalue weighted by Gasteiger charge is -2.28. The Morgan fingerprint density at radius 2 is 1.66 bits per heavy atom. The van der Waals surface area contributed by atoms with Crippen molar-refractivity contribution in [2.45, 2.75) is 27.3 Å². The topological polar surface area (TPSA) is 98.5 Å². The molecule has 10 nitrogen and oxygen atoms in total. The molecule has 198 valence electrons. The van der Waals surface area contributed by atoms with Crippen LogP contribution in [0.25, 0.3) is 33.9 Å². The van der Waals surface area contributed by atoms with Gasteiger partial charge in [-0.1, -0.05) is 26.0 Å². The van der Waals surface area contributed by atoms with E-state index >= 15 is 0 Å². The molecule has 2 fully saturated rings. The number of pyridine rings is 1. The van der Waals surface area contributed by atoms with Crippen molar-refractivity contribution < 1.29 is 14.3 Å². The lowest BCUT2D eigenvalue weighted by atomic mass is 10.1. The number of rotatable bonds is 5. The van der Waals surface area contributed by atoms with E-state index in [2.05, 4.69) is 21.4 Å². The van der Waals surface area contributed by atoms with Gasteiger partial charge in [-0.3, -0.25) is 9.78 Å². The maximum Gasteiger partial charge on any atom is 0.253 e. The third-order valence-corrected chi connectivity index (χ3v) is 6.54. The standard InChI is InChI=1S/C26H27N7O3.C2H6/c1-2-32-24(18-6-8-27-9-7-18)28-22-25(31-10-13-35-14-11-31)29-23(30-26(22)32)19-4-3-5-20(16-19)33-12-15-36-17-21(33)34;1-2/h3-9,16H,2,10-15,17H2,1H3;1-2H3. The van der Waals surface area contributed by atoms with Crippen LogP contribution in [-0.2, 0) is 20.8 Å². The molecule has 0 atom stereocenters. The smallest absolute Gasteiger partial charge is 0.253 e. The highest BCUT2D eigenvalue weighted by molar-refractivity contribution is 5.95. The Balaban J connectivity index is 0.00000144. The normalized spacial score (nSPS) is 15.9. The van der Waals surface area contributed by atoms with E-state index in [1.807, 2.05) is 50.2 Å². The Kier molecular flexibility index (Phi) is 7.90. The number of carbonyl (C=O) groups is 1. The van der Waals surface area contributed by atoms with Gasteiger partial charge in [0.05, 0.1) is 19.8 Å². The maximum absolute atomic E-state index is 12.4. The van der Waals surface area contributed by atoms with Crippen molar-refractivity contribution in [1.29, 1.82) is 0 Å². The van der Waals surface area contributed by atoms with Gasteiger partial charge in [-0.25, -0.2) is 15.0 Å². The first-order valence-corrected chi connectivity index (χ1v) is 13.2. The monoisotopic (exact) mass is 515 g/mol. The minimum atomic E-state index is -0.0465. The average Bonchev–Trinajstić information content (AvgIpc) is 3.37. The molecule has 0 aliphatic carbocycles. The Morgan fingerprint density at radius 1 is 0.895 bits per heavy atom. The Morgan fingerprint density at radius 3 is 2.39 bits per heavy atom. The van der Waals surface area contributed by atoms with Gasteiger partial charge in [-0.15, -0.1) is 0 Å². The summed E-state index contributed by atoms with van der Waals surface area (Å²) in [6.45, 7) is 10.7. The Bertz CT molecular complexity index is 1400. The number of ether oxygens (including phenoxy) is 2. The number of aryl methyl sites for hydroxylation is 1. The quantitative estimate of drug-likeness (QED) is 0.396. The fraction of sp³-hybridized carbons (Fsp3) is 0.393. The number of morpholine rings is 2. The minimum Gasteiger partial charge on any atom is -0.378 e. The minimum absolute atomic E-state index is 0.0465. The van der Waals surface area contributed by atoms with E-state index in [0.717, 1.165) is 52.7 Å². The lowest BCUT2D eigenvalue weighted by Crippen LogP contribution is -2.41. The van der Waals surface area contributed by atoms with Crippen LogP contribution >= 0.6 is 0 Å². The molecule has 0 unspecified atom stereocenters. The van der Waals surface area contributed by atoms with Crippen LogP contribution in [0.3, 0.4) is 0 Å². The zero-order valence-corrected chi connectivity index (χ0v) is 22.1. The molecular formula is C28H33N7O3. The SMILES string of the molecule is CC.CCn1c(-c2ccncc2)nc2c(N3CCOCC3)nc(-c3cccc(N4CCOCC4=O)c3)nc21. The number of carbonyl (C=O) groups excluding carboxylic acids is 1. The summed E-state index contributed by atoms with van der Waals surface area (Å²) in [4.78, 5) is 35.6. The van der Waals surface area contributed by atoms with Crippen molar-refractivity contribution >= 4 is 28.6 Å². The number of fused-ring (bicyclic) bond motifs is 1. The van der Waals surface area contributed by atoms with E-state index < -0.39 is 0 Å².